The molecule has 5 heteroatoms. The van der Waals surface area contributed by atoms with Crippen molar-refractivity contribution in [2.75, 3.05) is 0 Å². The maximum Gasteiger partial charge on any atom is 0.258 e. The van der Waals surface area contributed by atoms with Crippen LogP contribution < -0.4 is 45.2 Å². The van der Waals surface area contributed by atoms with Crippen LogP contribution in [0.25, 0.3) is 0 Å². The molecular weight excluding hydrogens is 639 g/mol. The van der Waals surface area contributed by atoms with E-state index in [4.69, 9.17) is 0 Å². The normalized spacial score (nSPS) is 11.3. The van der Waals surface area contributed by atoms with Crippen molar-refractivity contribution in [1.82, 2.24) is 5.32 Å². The Kier molecular flexibility index (Phi) is 9.02. The number of carbonyl (C=O) groups excluding carboxylic acids is 1. The van der Waals surface area contributed by atoms with Crippen molar-refractivity contribution < 1.29 is 28.8 Å². The molecule has 0 aliphatic carbocycles. The van der Waals surface area contributed by atoms with Crippen LogP contribution in [0.1, 0.15) is 10.4 Å². The summed E-state index contributed by atoms with van der Waals surface area (Å²) >= 11 is 2.26. The van der Waals surface area contributed by atoms with Gasteiger partial charge in [-0.3, -0.25) is 10.1 Å². The second kappa shape index (κ2) is 11.7. The summed E-state index contributed by atoms with van der Waals surface area (Å²) in [5.74, 6) is -0.101. The van der Waals surface area contributed by atoms with E-state index in [9.17, 15) is 4.79 Å². The quantitative estimate of drug-likeness (QED) is 0.250. The number of benzene rings is 4. The number of carbonyl (C=O) groups is 1. The lowest BCUT2D eigenvalue weighted by Crippen LogP contribution is -3.00. The minimum Gasteiger partial charge on any atom is -1.00 e. The average Bonchev–Trinajstić information content (AvgIpc) is 2.86. The van der Waals surface area contributed by atoms with Crippen molar-refractivity contribution in [3.8, 4) is 0 Å². The van der Waals surface area contributed by atoms with E-state index in [0.717, 1.165) is 5.44 Å². The number of halogens is 2. The molecule has 0 atom stereocenters. The number of rotatable bonds is 6. The first-order valence-electron chi connectivity index (χ1n) is 10.00. The second-order valence-corrected chi connectivity index (χ2v) is 11.0. The number of amides is 1. The van der Waals surface area contributed by atoms with Crippen molar-refractivity contribution in [3.63, 3.8) is 0 Å². The van der Waals surface area contributed by atoms with Crippen molar-refractivity contribution in [3.05, 3.63) is 136 Å². The Morgan fingerprint density at radius 2 is 0.969 bits per heavy atom. The second-order valence-electron chi connectivity index (χ2n) is 6.99. The third kappa shape index (κ3) is 4.98. The first kappa shape index (κ1) is 24.6. The van der Waals surface area contributed by atoms with Crippen LogP contribution in [0.2, 0.25) is 0 Å². The van der Waals surface area contributed by atoms with Crippen molar-refractivity contribution in [1.29, 1.82) is 0 Å². The van der Waals surface area contributed by atoms with Gasteiger partial charge in [0.1, 0.15) is 15.9 Å². The van der Waals surface area contributed by atoms with Gasteiger partial charge in [0.2, 0.25) is 0 Å². The van der Waals surface area contributed by atoms with E-state index in [1.54, 1.807) is 0 Å². The SMILES string of the molecule is O=C(N/C(=C/I)[P+](c1ccccc1)(c1ccccc1)c1ccccc1)c1ccccc1.[I-]. The molecule has 0 spiro atoms. The third-order valence-electron chi connectivity index (χ3n) is 5.17. The lowest BCUT2D eigenvalue weighted by molar-refractivity contribution is -0.0000141. The first-order chi connectivity index (χ1) is 15.3. The standard InChI is InChI=1S/C27H21INOP.HI/c28-21-26(29-27(30)22-13-5-1-6-14-22)31(23-15-7-2-8-16-23,24-17-9-3-10-18-24)25-19-11-4-12-20-25;/h1-21H;1H/b26-21-;. The smallest absolute Gasteiger partial charge is 0.258 e. The van der Waals surface area contributed by atoms with E-state index < -0.39 is 7.26 Å². The third-order valence-corrected chi connectivity index (χ3v) is 10.5. The molecule has 0 unspecified atom stereocenters. The van der Waals surface area contributed by atoms with Crippen LogP contribution in [0.4, 0.5) is 0 Å². The molecule has 0 saturated carbocycles. The first-order valence-corrected chi connectivity index (χ1v) is 13.0. The van der Waals surface area contributed by atoms with Crippen LogP contribution in [0, 0.1) is 0 Å². The van der Waals surface area contributed by atoms with E-state index in [-0.39, 0.29) is 29.9 Å². The monoisotopic (exact) mass is 661 g/mol. The molecule has 0 radical (unpaired) electrons. The van der Waals surface area contributed by atoms with Gasteiger partial charge in [0.05, 0.1) is 0 Å². The zero-order valence-corrected chi connectivity index (χ0v) is 22.4. The van der Waals surface area contributed by atoms with Crippen LogP contribution in [0.15, 0.2) is 131 Å². The van der Waals surface area contributed by atoms with E-state index in [0.29, 0.717) is 5.56 Å². The van der Waals surface area contributed by atoms with Gasteiger partial charge in [-0.1, -0.05) is 72.8 Å². The Hall–Kier alpha value is -2.02. The van der Waals surface area contributed by atoms with Gasteiger partial charge in [-0.05, 0) is 71.1 Å². The molecule has 32 heavy (non-hydrogen) atoms. The molecule has 0 aliphatic rings. The number of hydrogen-bond donors (Lipinski definition) is 1. The van der Waals surface area contributed by atoms with Gasteiger partial charge in [-0.2, -0.15) is 0 Å². The molecule has 4 rings (SSSR count). The van der Waals surface area contributed by atoms with Gasteiger partial charge in [0.25, 0.3) is 5.91 Å². The fourth-order valence-electron chi connectivity index (χ4n) is 3.78. The molecule has 4 aromatic carbocycles. The Morgan fingerprint density at radius 1 is 0.625 bits per heavy atom. The highest BCUT2D eigenvalue weighted by Crippen LogP contribution is 2.61. The van der Waals surface area contributed by atoms with E-state index in [1.807, 2.05) is 52.6 Å². The predicted octanol–water partition coefficient (Wildman–Crippen LogP) is 2.65. The summed E-state index contributed by atoms with van der Waals surface area (Å²) < 4.78 is 2.03. The summed E-state index contributed by atoms with van der Waals surface area (Å²) in [6, 6.07) is 40.9. The molecule has 4 aromatic rings. The maximum absolute atomic E-state index is 13.2. The molecule has 1 N–H and O–H groups in total. The minimum absolute atomic E-state index is 0. The molecule has 0 fully saturated rings. The lowest BCUT2D eigenvalue weighted by Gasteiger charge is -2.29. The fourth-order valence-corrected chi connectivity index (χ4v) is 9.19. The Labute approximate surface area is 220 Å². The summed E-state index contributed by atoms with van der Waals surface area (Å²) in [4.78, 5) is 13.2. The van der Waals surface area contributed by atoms with Crippen LogP contribution in [-0.4, -0.2) is 5.91 Å². The lowest BCUT2D eigenvalue weighted by atomic mass is 10.2. The molecule has 160 valence electrons. The highest BCUT2D eigenvalue weighted by Gasteiger charge is 2.50. The summed E-state index contributed by atoms with van der Waals surface area (Å²) in [7, 11) is -2.32. The van der Waals surface area contributed by atoms with E-state index >= 15 is 0 Å². The molecular formula is C27H22I2NOP. The molecule has 0 aliphatic heterocycles. The van der Waals surface area contributed by atoms with Gasteiger partial charge >= 0.3 is 0 Å². The van der Waals surface area contributed by atoms with Crippen LogP contribution in [-0.2, 0) is 0 Å². The van der Waals surface area contributed by atoms with Crippen LogP contribution in [0.5, 0.6) is 0 Å². The molecule has 0 saturated heterocycles. The van der Waals surface area contributed by atoms with Gasteiger partial charge in [-0.15, -0.1) is 0 Å². The van der Waals surface area contributed by atoms with Gasteiger partial charge in [-0.25, -0.2) is 0 Å². The summed E-state index contributed by atoms with van der Waals surface area (Å²) in [5.41, 5.74) is 1.57. The maximum atomic E-state index is 13.2. The van der Waals surface area contributed by atoms with Gasteiger partial charge < -0.3 is 24.0 Å². The molecule has 0 aromatic heterocycles. The number of hydrogen-bond acceptors (Lipinski definition) is 1. The highest BCUT2D eigenvalue weighted by molar-refractivity contribution is 14.1. The number of nitrogens with one attached hydrogen (secondary N) is 1. The largest absolute Gasteiger partial charge is 1.00 e. The predicted molar refractivity (Wildman–Crippen MR) is 141 cm³/mol. The summed E-state index contributed by atoms with van der Waals surface area (Å²) in [6.07, 6.45) is 0. The summed E-state index contributed by atoms with van der Waals surface area (Å²) in [5, 5.41) is 6.88. The van der Waals surface area contributed by atoms with E-state index in [1.165, 1.54) is 15.9 Å². The minimum atomic E-state index is -2.32. The Morgan fingerprint density at radius 3 is 1.31 bits per heavy atom. The highest BCUT2D eigenvalue weighted by atomic mass is 127. The van der Waals surface area contributed by atoms with Crippen LogP contribution >= 0.6 is 29.9 Å². The van der Waals surface area contributed by atoms with E-state index in [2.05, 4.69) is 101 Å². The molecule has 1 amide bonds. The van der Waals surface area contributed by atoms with Crippen molar-refractivity contribution in [2.45, 2.75) is 0 Å². The van der Waals surface area contributed by atoms with Crippen molar-refractivity contribution >= 4 is 51.7 Å². The molecule has 0 heterocycles. The van der Waals surface area contributed by atoms with Crippen molar-refractivity contribution in [2.24, 2.45) is 0 Å². The Balaban J connectivity index is 0.00000289. The Bertz CT molecular complexity index is 1070. The zero-order chi connectivity index (χ0) is 21.5. The summed E-state index contributed by atoms with van der Waals surface area (Å²) in [6.45, 7) is 0. The molecule has 2 nitrogen and oxygen atoms in total. The zero-order valence-electron chi connectivity index (χ0n) is 17.2. The topological polar surface area (TPSA) is 29.1 Å². The van der Waals surface area contributed by atoms with Gasteiger partial charge in [0.15, 0.2) is 12.7 Å². The van der Waals surface area contributed by atoms with Gasteiger partial charge in [0, 0.05) is 9.65 Å². The van der Waals surface area contributed by atoms with Crippen LogP contribution in [0.3, 0.4) is 0 Å². The molecule has 0 bridgehead atoms. The fraction of sp³-hybridized carbons (Fsp3) is 0. The average molecular weight is 661 g/mol.